The van der Waals surface area contributed by atoms with E-state index >= 15 is 0 Å². The van der Waals surface area contributed by atoms with Crippen molar-refractivity contribution in [3.05, 3.63) is 66.2 Å². The van der Waals surface area contributed by atoms with E-state index < -0.39 is 0 Å². The average molecular weight is 379 g/mol. The van der Waals surface area contributed by atoms with Crippen LogP contribution in [0.3, 0.4) is 0 Å². The number of ether oxygens (including phenoxy) is 3. The number of benzene rings is 3. The molecule has 0 saturated heterocycles. The van der Waals surface area contributed by atoms with E-state index in [2.05, 4.69) is 17.4 Å². The second-order valence-electron chi connectivity index (χ2n) is 6.40. The topological polar surface area (TPSA) is 56.8 Å². The summed E-state index contributed by atoms with van der Waals surface area (Å²) in [6.07, 6.45) is 1.07. The van der Waals surface area contributed by atoms with Gasteiger partial charge < -0.3 is 19.5 Å². The lowest BCUT2D eigenvalue weighted by Gasteiger charge is -2.11. The lowest BCUT2D eigenvalue weighted by Crippen LogP contribution is -2.23. The summed E-state index contributed by atoms with van der Waals surface area (Å²) < 4.78 is 16.4. The van der Waals surface area contributed by atoms with Crippen LogP contribution in [0.15, 0.2) is 60.7 Å². The van der Waals surface area contributed by atoms with Gasteiger partial charge in [0.2, 0.25) is 5.91 Å². The highest BCUT2D eigenvalue weighted by Crippen LogP contribution is 2.27. The third-order valence-corrected chi connectivity index (χ3v) is 4.49. The number of carbonyl (C=O) groups excluding carboxylic acids is 1. The molecule has 0 bridgehead atoms. The largest absolute Gasteiger partial charge is 0.493 e. The first-order valence-electron chi connectivity index (χ1n) is 9.29. The SMILES string of the molecule is COc1ccc(CNC(=O)CCCOc2cccc3ccccc23)cc1OC. The van der Waals surface area contributed by atoms with Crippen molar-refractivity contribution in [2.24, 2.45) is 0 Å². The van der Waals surface area contributed by atoms with Gasteiger partial charge in [-0.05, 0) is 35.6 Å². The molecule has 3 rings (SSSR count). The Morgan fingerprint density at radius 1 is 0.893 bits per heavy atom. The molecule has 0 aliphatic heterocycles. The fraction of sp³-hybridized carbons (Fsp3) is 0.261. The molecule has 0 heterocycles. The van der Waals surface area contributed by atoms with Gasteiger partial charge in [0.05, 0.1) is 20.8 Å². The predicted octanol–water partition coefficient (Wildman–Crippen LogP) is 4.33. The van der Waals surface area contributed by atoms with Crippen molar-refractivity contribution < 1.29 is 19.0 Å². The van der Waals surface area contributed by atoms with E-state index in [1.807, 2.05) is 48.5 Å². The molecule has 3 aromatic rings. The third-order valence-electron chi connectivity index (χ3n) is 4.49. The van der Waals surface area contributed by atoms with Gasteiger partial charge in [0.25, 0.3) is 0 Å². The molecule has 5 heteroatoms. The molecule has 0 spiro atoms. The first-order valence-corrected chi connectivity index (χ1v) is 9.29. The Morgan fingerprint density at radius 2 is 1.68 bits per heavy atom. The van der Waals surface area contributed by atoms with Crippen molar-refractivity contribution >= 4 is 16.7 Å². The fourth-order valence-electron chi connectivity index (χ4n) is 3.02. The van der Waals surface area contributed by atoms with Crippen LogP contribution in [0.2, 0.25) is 0 Å². The zero-order chi connectivity index (χ0) is 19.8. The number of fused-ring (bicyclic) bond motifs is 1. The van der Waals surface area contributed by atoms with Crippen LogP contribution in [0.25, 0.3) is 10.8 Å². The summed E-state index contributed by atoms with van der Waals surface area (Å²) in [5, 5.41) is 5.16. The van der Waals surface area contributed by atoms with Gasteiger partial charge in [-0.25, -0.2) is 0 Å². The summed E-state index contributed by atoms with van der Waals surface area (Å²) in [5.41, 5.74) is 0.956. The van der Waals surface area contributed by atoms with Gasteiger partial charge in [0.1, 0.15) is 5.75 Å². The average Bonchev–Trinajstić information content (AvgIpc) is 2.75. The molecular weight excluding hydrogens is 354 g/mol. The molecular formula is C23H25NO4. The number of amides is 1. The van der Waals surface area contributed by atoms with E-state index in [4.69, 9.17) is 14.2 Å². The van der Waals surface area contributed by atoms with Gasteiger partial charge in [-0.3, -0.25) is 4.79 Å². The predicted molar refractivity (Wildman–Crippen MR) is 110 cm³/mol. The van der Waals surface area contributed by atoms with Crippen molar-refractivity contribution in [3.8, 4) is 17.2 Å². The number of nitrogens with one attached hydrogen (secondary N) is 1. The van der Waals surface area contributed by atoms with Crippen LogP contribution in [-0.2, 0) is 11.3 Å². The van der Waals surface area contributed by atoms with Crippen LogP contribution in [0, 0.1) is 0 Å². The summed E-state index contributed by atoms with van der Waals surface area (Å²) in [7, 11) is 3.19. The highest BCUT2D eigenvalue weighted by Gasteiger charge is 2.07. The van der Waals surface area contributed by atoms with Crippen LogP contribution in [0.4, 0.5) is 0 Å². The molecule has 0 aliphatic rings. The van der Waals surface area contributed by atoms with Crippen molar-refractivity contribution in [1.82, 2.24) is 5.32 Å². The number of methoxy groups -OCH3 is 2. The second-order valence-corrected chi connectivity index (χ2v) is 6.40. The molecule has 0 saturated carbocycles. The summed E-state index contributed by atoms with van der Waals surface area (Å²) in [4.78, 5) is 12.1. The maximum absolute atomic E-state index is 12.1. The van der Waals surface area contributed by atoms with Crippen molar-refractivity contribution in [2.75, 3.05) is 20.8 Å². The second kappa shape index (κ2) is 9.65. The summed E-state index contributed by atoms with van der Waals surface area (Å²) in [6, 6.07) is 19.7. The van der Waals surface area contributed by atoms with E-state index in [1.165, 1.54) is 0 Å². The first-order chi connectivity index (χ1) is 13.7. The minimum atomic E-state index is -0.00342. The molecule has 1 N–H and O–H groups in total. The monoisotopic (exact) mass is 379 g/mol. The highest BCUT2D eigenvalue weighted by atomic mass is 16.5. The van der Waals surface area contributed by atoms with Crippen LogP contribution < -0.4 is 19.5 Å². The number of hydrogen-bond acceptors (Lipinski definition) is 4. The van der Waals surface area contributed by atoms with Gasteiger partial charge in [-0.1, -0.05) is 42.5 Å². The summed E-state index contributed by atoms with van der Waals surface area (Å²) in [6.45, 7) is 0.946. The van der Waals surface area contributed by atoms with E-state index in [0.29, 0.717) is 37.5 Å². The molecule has 28 heavy (non-hydrogen) atoms. The van der Waals surface area contributed by atoms with Gasteiger partial charge in [0, 0.05) is 18.4 Å². The standard InChI is InChI=1S/C23H25NO4/c1-26-21-13-12-17(15-22(21)27-2)16-24-23(25)11-6-14-28-20-10-5-8-18-7-3-4-9-19(18)20/h3-5,7-10,12-13,15H,6,11,14,16H2,1-2H3,(H,24,25). The summed E-state index contributed by atoms with van der Waals surface area (Å²) >= 11 is 0. The molecule has 0 aliphatic carbocycles. The van der Waals surface area contributed by atoms with Crippen LogP contribution in [0.5, 0.6) is 17.2 Å². The first kappa shape index (κ1) is 19.5. The lowest BCUT2D eigenvalue weighted by atomic mass is 10.1. The molecule has 0 fully saturated rings. The van der Waals surface area contributed by atoms with E-state index in [1.54, 1.807) is 14.2 Å². The maximum atomic E-state index is 12.1. The minimum absolute atomic E-state index is 0.00342. The van der Waals surface area contributed by atoms with Crippen LogP contribution in [-0.4, -0.2) is 26.7 Å². The van der Waals surface area contributed by atoms with Crippen LogP contribution in [0.1, 0.15) is 18.4 Å². The number of rotatable bonds is 9. The zero-order valence-electron chi connectivity index (χ0n) is 16.2. The molecule has 1 amide bonds. The van der Waals surface area contributed by atoms with Crippen molar-refractivity contribution in [1.29, 1.82) is 0 Å². The van der Waals surface area contributed by atoms with Gasteiger partial charge in [-0.2, -0.15) is 0 Å². The Labute approximate surface area is 165 Å². The van der Waals surface area contributed by atoms with Gasteiger partial charge in [0.15, 0.2) is 11.5 Å². The fourth-order valence-corrected chi connectivity index (χ4v) is 3.02. The van der Waals surface area contributed by atoms with Gasteiger partial charge >= 0.3 is 0 Å². The van der Waals surface area contributed by atoms with Crippen molar-refractivity contribution in [2.45, 2.75) is 19.4 Å². The normalized spacial score (nSPS) is 10.5. The Balaban J connectivity index is 1.43. The Morgan fingerprint density at radius 3 is 2.50 bits per heavy atom. The van der Waals surface area contributed by atoms with Gasteiger partial charge in [-0.15, -0.1) is 0 Å². The smallest absolute Gasteiger partial charge is 0.220 e. The molecule has 3 aromatic carbocycles. The minimum Gasteiger partial charge on any atom is -0.493 e. The molecule has 0 aromatic heterocycles. The van der Waals surface area contributed by atoms with E-state index in [9.17, 15) is 4.79 Å². The third kappa shape index (κ3) is 4.94. The molecule has 0 unspecified atom stereocenters. The molecule has 0 atom stereocenters. The Hall–Kier alpha value is -3.21. The van der Waals surface area contributed by atoms with Crippen LogP contribution >= 0.6 is 0 Å². The summed E-state index contributed by atoms with van der Waals surface area (Å²) in [5.74, 6) is 2.17. The molecule has 146 valence electrons. The quantitative estimate of drug-likeness (QED) is 0.562. The van der Waals surface area contributed by atoms with Crippen molar-refractivity contribution in [3.63, 3.8) is 0 Å². The molecule has 0 radical (unpaired) electrons. The molecule has 5 nitrogen and oxygen atoms in total. The highest BCUT2D eigenvalue weighted by molar-refractivity contribution is 5.88. The number of carbonyl (C=O) groups is 1. The number of hydrogen-bond donors (Lipinski definition) is 1. The van der Waals surface area contributed by atoms with E-state index in [0.717, 1.165) is 22.1 Å². The Bertz CT molecular complexity index is 934. The maximum Gasteiger partial charge on any atom is 0.220 e. The lowest BCUT2D eigenvalue weighted by molar-refractivity contribution is -0.121. The zero-order valence-corrected chi connectivity index (χ0v) is 16.2. The van der Waals surface area contributed by atoms with E-state index in [-0.39, 0.29) is 5.91 Å². The Kier molecular flexibility index (Phi) is 6.73.